The van der Waals surface area contributed by atoms with Crippen LogP contribution in [0.3, 0.4) is 0 Å². The highest BCUT2D eigenvalue weighted by Gasteiger charge is 2.29. The van der Waals surface area contributed by atoms with Crippen LogP contribution in [0.5, 0.6) is 5.88 Å². The Morgan fingerprint density at radius 3 is 3.00 bits per heavy atom. The van der Waals surface area contributed by atoms with Gasteiger partial charge in [0.05, 0.1) is 13.2 Å². The van der Waals surface area contributed by atoms with Crippen LogP contribution < -0.4 is 15.4 Å². The Bertz CT molecular complexity index is 548. The number of thioether (sulfide) groups is 1. The van der Waals surface area contributed by atoms with Crippen molar-refractivity contribution < 1.29 is 9.47 Å². The molecule has 0 radical (unpaired) electrons. The zero-order chi connectivity index (χ0) is 18.0. The number of hydrogen-bond acceptors (Lipinski definition) is 5. The Kier molecular flexibility index (Phi) is 8.34. The summed E-state index contributed by atoms with van der Waals surface area (Å²) in [6.07, 6.45) is 4.29. The van der Waals surface area contributed by atoms with E-state index >= 15 is 0 Å². The lowest BCUT2D eigenvalue weighted by atomic mass is 10.1. The van der Waals surface area contributed by atoms with Gasteiger partial charge < -0.3 is 20.1 Å². The molecule has 2 heterocycles. The summed E-state index contributed by atoms with van der Waals surface area (Å²) in [5.74, 6) is 2.71. The highest BCUT2D eigenvalue weighted by atomic mass is 32.2. The molecule has 140 valence electrons. The minimum atomic E-state index is 0.304. The van der Waals surface area contributed by atoms with E-state index in [1.54, 1.807) is 13.3 Å². The van der Waals surface area contributed by atoms with Crippen LogP contribution in [0.4, 0.5) is 0 Å². The predicted octanol–water partition coefficient (Wildman–Crippen LogP) is 2.45. The molecule has 1 aromatic rings. The molecule has 1 atom stereocenters. The molecule has 2 rings (SSSR count). The van der Waals surface area contributed by atoms with Gasteiger partial charge in [0.1, 0.15) is 6.61 Å². The highest BCUT2D eigenvalue weighted by molar-refractivity contribution is 8.00. The molecule has 7 heteroatoms. The van der Waals surface area contributed by atoms with E-state index in [2.05, 4.69) is 29.5 Å². The van der Waals surface area contributed by atoms with E-state index in [1.807, 2.05) is 23.9 Å². The van der Waals surface area contributed by atoms with Crippen molar-refractivity contribution in [1.82, 2.24) is 15.6 Å². The van der Waals surface area contributed by atoms with Crippen LogP contribution in [-0.4, -0.2) is 54.9 Å². The fourth-order valence-electron chi connectivity index (χ4n) is 2.65. The molecule has 1 fully saturated rings. The molecule has 2 N–H and O–H groups in total. The molecular formula is C18H30N4O2S. The lowest BCUT2D eigenvalue weighted by Crippen LogP contribution is -2.43. The quantitative estimate of drug-likeness (QED) is 0.397. The standard InChI is InChI=1S/C18H30N4O2S/c1-4-19-17(22-14-18(2)8-6-12-25-18)21-13-15-7-5-9-20-16(15)24-11-10-23-3/h5,7,9H,4,6,8,10-14H2,1-3H3,(H2,19,21,22). The van der Waals surface area contributed by atoms with Gasteiger partial charge in [-0.2, -0.15) is 11.8 Å². The van der Waals surface area contributed by atoms with Gasteiger partial charge in [-0.15, -0.1) is 0 Å². The van der Waals surface area contributed by atoms with Gasteiger partial charge in [-0.1, -0.05) is 6.07 Å². The van der Waals surface area contributed by atoms with Gasteiger partial charge in [0, 0.05) is 36.7 Å². The first-order chi connectivity index (χ1) is 12.2. The first-order valence-electron chi connectivity index (χ1n) is 8.88. The Labute approximate surface area is 155 Å². The zero-order valence-corrected chi connectivity index (χ0v) is 16.3. The summed E-state index contributed by atoms with van der Waals surface area (Å²) in [6.45, 7) is 7.71. The van der Waals surface area contributed by atoms with E-state index < -0.39 is 0 Å². The molecule has 1 aliphatic heterocycles. The van der Waals surface area contributed by atoms with Crippen LogP contribution in [0.25, 0.3) is 0 Å². The summed E-state index contributed by atoms with van der Waals surface area (Å²) >= 11 is 2.05. The van der Waals surface area contributed by atoms with Gasteiger partial charge >= 0.3 is 0 Å². The molecule has 6 nitrogen and oxygen atoms in total. The fourth-order valence-corrected chi connectivity index (χ4v) is 3.89. The summed E-state index contributed by atoms with van der Waals surface area (Å²) in [6, 6.07) is 3.90. The van der Waals surface area contributed by atoms with Gasteiger partial charge in [0.25, 0.3) is 0 Å². The van der Waals surface area contributed by atoms with Crippen molar-refractivity contribution in [3.63, 3.8) is 0 Å². The van der Waals surface area contributed by atoms with E-state index in [0.717, 1.165) is 24.6 Å². The second-order valence-electron chi connectivity index (χ2n) is 6.26. The molecule has 0 spiro atoms. The van der Waals surface area contributed by atoms with Gasteiger partial charge in [-0.3, -0.25) is 0 Å². The van der Waals surface area contributed by atoms with Crippen molar-refractivity contribution in [2.45, 2.75) is 38.0 Å². The molecule has 0 bridgehead atoms. The Morgan fingerprint density at radius 2 is 2.28 bits per heavy atom. The second kappa shape index (κ2) is 10.5. The van der Waals surface area contributed by atoms with Gasteiger partial charge in [0.15, 0.2) is 5.96 Å². The fraction of sp³-hybridized carbons (Fsp3) is 0.667. The number of aliphatic imine (C=N–C) groups is 1. The van der Waals surface area contributed by atoms with Crippen LogP contribution in [-0.2, 0) is 11.3 Å². The molecule has 1 unspecified atom stereocenters. The molecule has 25 heavy (non-hydrogen) atoms. The monoisotopic (exact) mass is 366 g/mol. The number of ether oxygens (including phenoxy) is 2. The average Bonchev–Trinajstić information content (AvgIpc) is 3.05. The Morgan fingerprint density at radius 1 is 1.40 bits per heavy atom. The largest absolute Gasteiger partial charge is 0.475 e. The molecular weight excluding hydrogens is 336 g/mol. The summed E-state index contributed by atoms with van der Waals surface area (Å²) in [7, 11) is 1.66. The summed E-state index contributed by atoms with van der Waals surface area (Å²) < 4.78 is 11.0. The molecule has 0 saturated carbocycles. The van der Waals surface area contributed by atoms with Crippen molar-refractivity contribution in [3.05, 3.63) is 23.9 Å². The number of pyridine rings is 1. The van der Waals surface area contributed by atoms with Crippen molar-refractivity contribution in [3.8, 4) is 5.88 Å². The number of guanidine groups is 1. The first kappa shape index (κ1) is 19.8. The Balaban J connectivity index is 1.95. The number of nitrogens with one attached hydrogen (secondary N) is 2. The van der Waals surface area contributed by atoms with E-state index in [4.69, 9.17) is 14.5 Å². The topological polar surface area (TPSA) is 67.8 Å². The van der Waals surface area contributed by atoms with Crippen LogP contribution in [0.2, 0.25) is 0 Å². The number of aromatic nitrogens is 1. The molecule has 0 aromatic carbocycles. The van der Waals surface area contributed by atoms with Crippen LogP contribution in [0.1, 0.15) is 32.3 Å². The van der Waals surface area contributed by atoms with Crippen LogP contribution in [0, 0.1) is 0 Å². The minimum absolute atomic E-state index is 0.304. The molecule has 0 amide bonds. The third kappa shape index (κ3) is 6.74. The number of rotatable bonds is 9. The molecule has 1 saturated heterocycles. The van der Waals surface area contributed by atoms with Crippen molar-refractivity contribution in [2.75, 3.05) is 39.2 Å². The maximum atomic E-state index is 5.68. The average molecular weight is 367 g/mol. The third-order valence-electron chi connectivity index (χ3n) is 4.06. The van der Waals surface area contributed by atoms with Gasteiger partial charge in [-0.05, 0) is 38.5 Å². The summed E-state index contributed by atoms with van der Waals surface area (Å²) in [4.78, 5) is 9.00. The van der Waals surface area contributed by atoms with Gasteiger partial charge in [-0.25, -0.2) is 9.98 Å². The lowest BCUT2D eigenvalue weighted by molar-refractivity contribution is 0.143. The SMILES string of the molecule is CCNC(=NCc1cccnc1OCCOC)NCC1(C)CCCS1. The van der Waals surface area contributed by atoms with E-state index in [0.29, 0.717) is 30.4 Å². The summed E-state index contributed by atoms with van der Waals surface area (Å²) in [5, 5.41) is 6.80. The highest BCUT2D eigenvalue weighted by Crippen LogP contribution is 2.36. The number of methoxy groups -OCH3 is 1. The lowest BCUT2D eigenvalue weighted by Gasteiger charge is -2.24. The maximum Gasteiger partial charge on any atom is 0.218 e. The number of nitrogens with zero attached hydrogens (tertiary/aromatic N) is 2. The Hall–Kier alpha value is -1.47. The smallest absolute Gasteiger partial charge is 0.218 e. The first-order valence-corrected chi connectivity index (χ1v) is 9.87. The van der Waals surface area contributed by atoms with Gasteiger partial charge in [0.2, 0.25) is 5.88 Å². The van der Waals surface area contributed by atoms with Crippen molar-refractivity contribution in [2.24, 2.45) is 4.99 Å². The number of hydrogen-bond donors (Lipinski definition) is 2. The van der Waals surface area contributed by atoms with E-state index in [9.17, 15) is 0 Å². The zero-order valence-electron chi connectivity index (χ0n) is 15.5. The minimum Gasteiger partial charge on any atom is -0.475 e. The van der Waals surface area contributed by atoms with E-state index in [-0.39, 0.29) is 0 Å². The van der Waals surface area contributed by atoms with Crippen molar-refractivity contribution in [1.29, 1.82) is 0 Å². The second-order valence-corrected chi connectivity index (χ2v) is 7.94. The van der Waals surface area contributed by atoms with Crippen LogP contribution >= 0.6 is 11.8 Å². The predicted molar refractivity (Wildman–Crippen MR) is 105 cm³/mol. The van der Waals surface area contributed by atoms with Crippen LogP contribution in [0.15, 0.2) is 23.3 Å². The maximum absolute atomic E-state index is 5.68. The van der Waals surface area contributed by atoms with E-state index in [1.165, 1.54) is 18.6 Å². The normalized spacial score (nSPS) is 20.5. The molecule has 0 aliphatic carbocycles. The van der Waals surface area contributed by atoms with Crippen molar-refractivity contribution >= 4 is 17.7 Å². The molecule has 1 aromatic heterocycles. The third-order valence-corrected chi connectivity index (χ3v) is 5.60. The molecule has 1 aliphatic rings. The summed E-state index contributed by atoms with van der Waals surface area (Å²) in [5.41, 5.74) is 0.970.